The van der Waals surface area contributed by atoms with E-state index < -0.39 is 17.8 Å². The lowest BCUT2D eigenvalue weighted by Crippen LogP contribution is -2.16. The minimum Gasteiger partial charge on any atom is -0.477 e. The lowest BCUT2D eigenvalue weighted by atomic mass is 10.2. The van der Waals surface area contributed by atoms with Gasteiger partial charge >= 0.3 is 5.97 Å². The summed E-state index contributed by atoms with van der Waals surface area (Å²) in [6.45, 7) is 0. The normalized spacial score (nSPS) is 9.90. The summed E-state index contributed by atoms with van der Waals surface area (Å²) in [6.07, 6.45) is 0. The second kappa shape index (κ2) is 5.83. The Kier molecular flexibility index (Phi) is 3.94. The van der Waals surface area contributed by atoms with Gasteiger partial charge in [0.15, 0.2) is 0 Å². The number of nitrogens with one attached hydrogen (secondary N) is 1. The molecule has 0 saturated carbocycles. The van der Waals surface area contributed by atoms with Gasteiger partial charge in [0, 0.05) is 11.3 Å². The number of anilines is 1. The molecule has 0 unspecified atom stereocenters. The highest BCUT2D eigenvalue weighted by molar-refractivity contribution is 6.04. The molecule has 1 aromatic heterocycles. The Morgan fingerprint density at radius 1 is 1.05 bits per heavy atom. The number of hydrogen-bond donors (Lipinski definition) is 3. The molecule has 4 N–H and O–H groups in total. The number of pyridine rings is 1. The SMILES string of the molecule is NC(=O)c1cccc(NC(=O)c2cccc(C(=O)O)n2)c1. The number of amides is 2. The number of hydrogen-bond acceptors (Lipinski definition) is 4. The molecule has 0 atom stereocenters. The first kappa shape index (κ1) is 14.2. The highest BCUT2D eigenvalue weighted by Gasteiger charge is 2.12. The van der Waals surface area contributed by atoms with Gasteiger partial charge in [0.2, 0.25) is 5.91 Å². The van der Waals surface area contributed by atoms with Gasteiger partial charge in [-0.3, -0.25) is 9.59 Å². The van der Waals surface area contributed by atoms with E-state index in [4.69, 9.17) is 10.8 Å². The second-order valence-corrected chi connectivity index (χ2v) is 4.11. The molecule has 2 aromatic rings. The summed E-state index contributed by atoms with van der Waals surface area (Å²) in [7, 11) is 0. The molecule has 0 fully saturated rings. The van der Waals surface area contributed by atoms with Crippen molar-refractivity contribution in [1.82, 2.24) is 4.98 Å². The largest absolute Gasteiger partial charge is 0.477 e. The first-order valence-electron chi connectivity index (χ1n) is 5.89. The number of carbonyl (C=O) groups is 3. The molecular formula is C14H11N3O4. The molecule has 2 rings (SSSR count). The zero-order chi connectivity index (χ0) is 15.4. The maximum Gasteiger partial charge on any atom is 0.354 e. The monoisotopic (exact) mass is 285 g/mol. The van der Waals surface area contributed by atoms with Crippen LogP contribution in [0.25, 0.3) is 0 Å². The van der Waals surface area contributed by atoms with Crippen LogP contribution in [0.2, 0.25) is 0 Å². The number of nitrogens with zero attached hydrogens (tertiary/aromatic N) is 1. The van der Waals surface area contributed by atoms with Crippen LogP contribution in [0.4, 0.5) is 5.69 Å². The Morgan fingerprint density at radius 2 is 1.71 bits per heavy atom. The first-order chi connectivity index (χ1) is 9.97. The number of carbonyl (C=O) groups excluding carboxylic acids is 2. The maximum atomic E-state index is 12.0. The van der Waals surface area contributed by atoms with E-state index in [0.717, 1.165) is 0 Å². The van der Waals surface area contributed by atoms with Crippen LogP contribution in [0, 0.1) is 0 Å². The van der Waals surface area contributed by atoms with Gasteiger partial charge in [-0.1, -0.05) is 12.1 Å². The molecule has 2 amide bonds. The number of carboxylic acids is 1. The third kappa shape index (κ3) is 3.41. The van der Waals surface area contributed by atoms with Crippen molar-refractivity contribution in [2.24, 2.45) is 5.73 Å². The van der Waals surface area contributed by atoms with Crippen molar-refractivity contribution in [2.45, 2.75) is 0 Å². The summed E-state index contributed by atoms with van der Waals surface area (Å²) >= 11 is 0. The molecule has 106 valence electrons. The van der Waals surface area contributed by atoms with Gasteiger partial charge in [-0.05, 0) is 30.3 Å². The number of aromatic nitrogens is 1. The lowest BCUT2D eigenvalue weighted by molar-refractivity contribution is 0.0690. The Morgan fingerprint density at radius 3 is 2.38 bits per heavy atom. The van der Waals surface area contributed by atoms with Crippen LogP contribution in [0.5, 0.6) is 0 Å². The average molecular weight is 285 g/mol. The molecule has 7 heteroatoms. The van der Waals surface area contributed by atoms with Gasteiger partial charge in [0.05, 0.1) is 0 Å². The van der Waals surface area contributed by atoms with Crippen molar-refractivity contribution >= 4 is 23.5 Å². The Balaban J connectivity index is 2.22. The molecule has 0 bridgehead atoms. The number of primary amides is 1. The van der Waals surface area contributed by atoms with Crippen LogP contribution >= 0.6 is 0 Å². The molecule has 0 aliphatic heterocycles. The fourth-order valence-corrected chi connectivity index (χ4v) is 1.63. The van der Waals surface area contributed by atoms with Crippen LogP contribution in [0.15, 0.2) is 42.5 Å². The van der Waals surface area contributed by atoms with Crippen molar-refractivity contribution < 1.29 is 19.5 Å². The highest BCUT2D eigenvalue weighted by atomic mass is 16.4. The van der Waals surface area contributed by atoms with E-state index in [-0.39, 0.29) is 17.0 Å². The highest BCUT2D eigenvalue weighted by Crippen LogP contribution is 2.11. The molecule has 7 nitrogen and oxygen atoms in total. The molecule has 0 aliphatic carbocycles. The number of aromatic carboxylic acids is 1. The maximum absolute atomic E-state index is 12.0. The van der Waals surface area contributed by atoms with Crippen molar-refractivity contribution in [3.05, 3.63) is 59.4 Å². The van der Waals surface area contributed by atoms with E-state index >= 15 is 0 Å². The topological polar surface area (TPSA) is 122 Å². The van der Waals surface area contributed by atoms with Crippen molar-refractivity contribution in [3.63, 3.8) is 0 Å². The molecule has 1 heterocycles. The quantitative estimate of drug-likeness (QED) is 0.777. The number of nitrogens with two attached hydrogens (primary N) is 1. The van der Waals surface area contributed by atoms with E-state index in [1.54, 1.807) is 12.1 Å². The molecule has 21 heavy (non-hydrogen) atoms. The van der Waals surface area contributed by atoms with Crippen LogP contribution in [-0.2, 0) is 0 Å². The fraction of sp³-hybridized carbons (Fsp3) is 0. The zero-order valence-electron chi connectivity index (χ0n) is 10.7. The standard InChI is InChI=1S/C14H11N3O4/c15-12(18)8-3-1-4-9(7-8)16-13(19)10-5-2-6-11(17-10)14(20)21/h1-7H,(H2,15,18)(H,16,19)(H,20,21). The number of carboxylic acid groups (broad SMARTS) is 1. The van der Waals surface area contributed by atoms with Crippen molar-refractivity contribution in [3.8, 4) is 0 Å². The van der Waals surface area contributed by atoms with Crippen molar-refractivity contribution in [1.29, 1.82) is 0 Å². The molecule has 1 aromatic carbocycles. The molecule has 0 aliphatic rings. The predicted octanol–water partition coefficient (Wildman–Crippen LogP) is 1.13. The summed E-state index contributed by atoms with van der Waals surface area (Å²) in [5, 5.41) is 11.4. The molecule has 0 saturated heterocycles. The van der Waals surface area contributed by atoms with E-state index in [9.17, 15) is 14.4 Å². The van der Waals surface area contributed by atoms with Crippen LogP contribution in [0.1, 0.15) is 31.3 Å². The average Bonchev–Trinajstić information content (AvgIpc) is 2.47. The van der Waals surface area contributed by atoms with E-state index in [1.165, 1.54) is 30.3 Å². The van der Waals surface area contributed by atoms with Crippen LogP contribution in [0.3, 0.4) is 0 Å². The lowest BCUT2D eigenvalue weighted by Gasteiger charge is -2.06. The summed E-state index contributed by atoms with van der Waals surface area (Å²) in [4.78, 5) is 37.6. The summed E-state index contributed by atoms with van der Waals surface area (Å²) < 4.78 is 0. The first-order valence-corrected chi connectivity index (χ1v) is 5.89. The van der Waals surface area contributed by atoms with Gasteiger partial charge in [-0.2, -0.15) is 0 Å². The predicted molar refractivity (Wildman–Crippen MR) is 74.1 cm³/mol. The van der Waals surface area contributed by atoms with Crippen LogP contribution in [-0.4, -0.2) is 27.9 Å². The number of rotatable bonds is 4. The van der Waals surface area contributed by atoms with E-state index in [0.29, 0.717) is 5.69 Å². The Labute approximate surface area is 119 Å². The molecule has 0 radical (unpaired) electrons. The van der Waals surface area contributed by atoms with Gasteiger partial charge < -0.3 is 16.2 Å². The summed E-state index contributed by atoms with van der Waals surface area (Å²) in [6, 6.07) is 10.2. The van der Waals surface area contributed by atoms with Gasteiger partial charge in [-0.15, -0.1) is 0 Å². The van der Waals surface area contributed by atoms with Gasteiger partial charge in [0.25, 0.3) is 5.91 Å². The summed E-state index contributed by atoms with van der Waals surface area (Å²) in [5.41, 5.74) is 5.49. The third-order valence-electron chi connectivity index (χ3n) is 2.61. The van der Waals surface area contributed by atoms with Crippen LogP contribution < -0.4 is 11.1 Å². The number of benzene rings is 1. The Hall–Kier alpha value is -3.22. The minimum atomic E-state index is -1.22. The minimum absolute atomic E-state index is 0.0422. The fourth-order valence-electron chi connectivity index (χ4n) is 1.63. The summed E-state index contributed by atoms with van der Waals surface area (Å²) in [5.74, 6) is -2.42. The van der Waals surface area contributed by atoms with Gasteiger partial charge in [-0.25, -0.2) is 9.78 Å². The third-order valence-corrected chi connectivity index (χ3v) is 2.61. The Bertz CT molecular complexity index is 728. The van der Waals surface area contributed by atoms with Crippen molar-refractivity contribution in [2.75, 3.05) is 5.32 Å². The second-order valence-electron chi connectivity index (χ2n) is 4.11. The smallest absolute Gasteiger partial charge is 0.354 e. The molecule has 0 spiro atoms. The van der Waals surface area contributed by atoms with E-state index in [1.807, 2.05) is 0 Å². The van der Waals surface area contributed by atoms with E-state index in [2.05, 4.69) is 10.3 Å². The zero-order valence-corrected chi connectivity index (χ0v) is 10.7. The molecular weight excluding hydrogens is 274 g/mol. The van der Waals surface area contributed by atoms with Gasteiger partial charge in [0.1, 0.15) is 11.4 Å².